The van der Waals surface area contributed by atoms with E-state index < -0.39 is 12.0 Å². The molecule has 0 saturated carbocycles. The minimum atomic E-state index is -0.967. The van der Waals surface area contributed by atoms with E-state index in [1.807, 2.05) is 19.0 Å². The Kier molecular flexibility index (Phi) is 4.70. The van der Waals surface area contributed by atoms with E-state index in [2.05, 4.69) is 10.2 Å². The van der Waals surface area contributed by atoms with Crippen LogP contribution in [0.4, 0.5) is 0 Å². The molecule has 6 nitrogen and oxygen atoms in total. The Morgan fingerprint density at radius 3 is 2.88 bits per heavy atom. The maximum atomic E-state index is 11.3. The average Bonchev–Trinajstić information content (AvgIpc) is 2.16. The molecule has 1 aliphatic rings. The maximum Gasteiger partial charge on any atom is 0.327 e. The number of amides is 1. The second-order valence-electron chi connectivity index (χ2n) is 4.35. The minimum Gasteiger partial charge on any atom is -0.480 e. The van der Waals surface area contributed by atoms with Crippen molar-refractivity contribution in [3.8, 4) is 0 Å². The number of carbonyl (C=O) groups is 2. The highest BCUT2D eigenvalue weighted by Gasteiger charge is 2.28. The van der Waals surface area contributed by atoms with E-state index in [1.54, 1.807) is 0 Å². The summed E-state index contributed by atoms with van der Waals surface area (Å²) in [7, 11) is 3.98. The summed E-state index contributed by atoms with van der Waals surface area (Å²) in [6.45, 7) is 2.40. The highest BCUT2D eigenvalue weighted by Crippen LogP contribution is 2.01. The molecule has 1 atom stereocenters. The molecule has 1 aliphatic heterocycles. The van der Waals surface area contributed by atoms with Gasteiger partial charge in [0.2, 0.25) is 5.91 Å². The van der Waals surface area contributed by atoms with E-state index in [0.717, 1.165) is 19.5 Å². The van der Waals surface area contributed by atoms with E-state index in [0.29, 0.717) is 13.1 Å². The van der Waals surface area contributed by atoms with Crippen LogP contribution in [-0.4, -0.2) is 73.1 Å². The lowest BCUT2D eigenvalue weighted by molar-refractivity contribution is -0.144. The summed E-state index contributed by atoms with van der Waals surface area (Å²) in [5, 5.41) is 11.3. The summed E-state index contributed by atoms with van der Waals surface area (Å²) < 4.78 is 0. The van der Waals surface area contributed by atoms with Crippen molar-refractivity contribution in [3.63, 3.8) is 0 Å². The fourth-order valence-corrected chi connectivity index (χ4v) is 1.73. The summed E-state index contributed by atoms with van der Waals surface area (Å²) in [5.41, 5.74) is 0. The third-order valence-electron chi connectivity index (χ3n) is 2.52. The smallest absolute Gasteiger partial charge is 0.327 e. The number of aliphatic carboxylic acids is 1. The van der Waals surface area contributed by atoms with Gasteiger partial charge in [-0.25, -0.2) is 4.79 Å². The second kappa shape index (κ2) is 5.81. The average molecular weight is 229 g/mol. The van der Waals surface area contributed by atoms with Gasteiger partial charge in [-0.3, -0.25) is 9.69 Å². The predicted molar refractivity (Wildman–Crippen MR) is 59.2 cm³/mol. The molecule has 0 radical (unpaired) electrons. The molecule has 0 bridgehead atoms. The van der Waals surface area contributed by atoms with Crippen molar-refractivity contribution < 1.29 is 14.7 Å². The molecule has 6 heteroatoms. The molecule has 1 fully saturated rings. The van der Waals surface area contributed by atoms with Gasteiger partial charge >= 0.3 is 5.97 Å². The van der Waals surface area contributed by atoms with Gasteiger partial charge in [0.15, 0.2) is 0 Å². The Morgan fingerprint density at radius 1 is 1.62 bits per heavy atom. The summed E-state index contributed by atoms with van der Waals surface area (Å²) in [5.74, 6) is -1.17. The Morgan fingerprint density at radius 2 is 2.31 bits per heavy atom. The van der Waals surface area contributed by atoms with Crippen LogP contribution in [0.2, 0.25) is 0 Å². The first kappa shape index (κ1) is 12.9. The third-order valence-corrected chi connectivity index (χ3v) is 2.52. The lowest BCUT2D eigenvalue weighted by Gasteiger charge is -2.30. The number of nitrogens with zero attached hydrogens (tertiary/aromatic N) is 2. The first-order valence-electron chi connectivity index (χ1n) is 5.38. The van der Waals surface area contributed by atoms with Crippen molar-refractivity contribution in [3.05, 3.63) is 0 Å². The van der Waals surface area contributed by atoms with Gasteiger partial charge in [-0.1, -0.05) is 0 Å². The van der Waals surface area contributed by atoms with Gasteiger partial charge < -0.3 is 15.3 Å². The van der Waals surface area contributed by atoms with Gasteiger partial charge in [0, 0.05) is 6.54 Å². The van der Waals surface area contributed by atoms with Crippen LogP contribution in [0, 0.1) is 0 Å². The molecule has 1 heterocycles. The number of hydrogen-bond donors (Lipinski definition) is 2. The lowest BCUT2D eigenvalue weighted by Crippen LogP contribution is -2.57. The highest BCUT2D eigenvalue weighted by molar-refractivity contribution is 5.86. The molecule has 0 aromatic carbocycles. The van der Waals surface area contributed by atoms with Gasteiger partial charge in [0.05, 0.1) is 6.54 Å². The SMILES string of the molecule is CN(C)CCCN1CC(=O)NC(C(=O)O)C1. The number of carbonyl (C=O) groups excluding carboxylic acids is 1. The fourth-order valence-electron chi connectivity index (χ4n) is 1.73. The van der Waals surface area contributed by atoms with Crippen molar-refractivity contribution in [1.29, 1.82) is 0 Å². The molecular weight excluding hydrogens is 210 g/mol. The first-order valence-corrected chi connectivity index (χ1v) is 5.38. The highest BCUT2D eigenvalue weighted by atomic mass is 16.4. The van der Waals surface area contributed by atoms with Crippen molar-refractivity contribution in [2.45, 2.75) is 12.5 Å². The molecule has 0 aromatic rings. The van der Waals surface area contributed by atoms with Gasteiger partial charge in [-0.2, -0.15) is 0 Å². The minimum absolute atomic E-state index is 0.205. The first-order chi connectivity index (χ1) is 7.49. The number of piperazine rings is 1. The van der Waals surface area contributed by atoms with Gasteiger partial charge in [0.25, 0.3) is 0 Å². The summed E-state index contributed by atoms with van der Waals surface area (Å²) in [6.07, 6.45) is 0.937. The number of hydrogen-bond acceptors (Lipinski definition) is 4. The second-order valence-corrected chi connectivity index (χ2v) is 4.35. The predicted octanol–water partition coefficient (Wildman–Crippen LogP) is -1.18. The molecule has 0 aromatic heterocycles. The Hall–Kier alpha value is -1.14. The van der Waals surface area contributed by atoms with Crippen LogP contribution in [0.25, 0.3) is 0 Å². The van der Waals surface area contributed by atoms with Crippen LogP contribution in [0.5, 0.6) is 0 Å². The number of carboxylic acid groups (broad SMARTS) is 1. The molecule has 1 saturated heterocycles. The third kappa shape index (κ3) is 4.16. The zero-order valence-corrected chi connectivity index (χ0v) is 9.77. The zero-order valence-electron chi connectivity index (χ0n) is 9.77. The maximum absolute atomic E-state index is 11.3. The molecular formula is C10H19N3O3. The van der Waals surface area contributed by atoms with Crippen LogP contribution in [0.15, 0.2) is 0 Å². The van der Waals surface area contributed by atoms with Gasteiger partial charge in [0.1, 0.15) is 6.04 Å². The quantitative estimate of drug-likeness (QED) is 0.621. The van der Waals surface area contributed by atoms with Gasteiger partial charge in [-0.15, -0.1) is 0 Å². The number of nitrogens with one attached hydrogen (secondary N) is 1. The van der Waals surface area contributed by atoms with Crippen LogP contribution in [0.3, 0.4) is 0 Å². The lowest BCUT2D eigenvalue weighted by atomic mass is 10.2. The fraction of sp³-hybridized carbons (Fsp3) is 0.800. The summed E-state index contributed by atoms with van der Waals surface area (Å²) >= 11 is 0. The Labute approximate surface area is 95.2 Å². The van der Waals surface area contributed by atoms with E-state index >= 15 is 0 Å². The molecule has 1 rings (SSSR count). The van der Waals surface area contributed by atoms with Crippen molar-refractivity contribution in [1.82, 2.24) is 15.1 Å². The zero-order chi connectivity index (χ0) is 12.1. The van der Waals surface area contributed by atoms with E-state index in [1.165, 1.54) is 0 Å². The largest absolute Gasteiger partial charge is 0.480 e. The standard InChI is InChI=1S/C10H19N3O3/c1-12(2)4-3-5-13-6-8(10(15)16)11-9(14)7-13/h8H,3-7H2,1-2H3,(H,11,14)(H,15,16). The van der Waals surface area contributed by atoms with E-state index in [-0.39, 0.29) is 5.91 Å². The topological polar surface area (TPSA) is 72.9 Å². The van der Waals surface area contributed by atoms with Crippen LogP contribution in [-0.2, 0) is 9.59 Å². The van der Waals surface area contributed by atoms with Gasteiger partial charge in [-0.05, 0) is 33.6 Å². The van der Waals surface area contributed by atoms with Crippen molar-refractivity contribution in [2.24, 2.45) is 0 Å². The number of rotatable bonds is 5. The summed E-state index contributed by atoms with van der Waals surface area (Å²) in [4.78, 5) is 26.0. The molecule has 1 amide bonds. The van der Waals surface area contributed by atoms with E-state index in [4.69, 9.17) is 5.11 Å². The van der Waals surface area contributed by atoms with Crippen LogP contribution in [0.1, 0.15) is 6.42 Å². The Balaban J connectivity index is 2.36. The van der Waals surface area contributed by atoms with Crippen molar-refractivity contribution >= 4 is 11.9 Å². The normalized spacial score (nSPS) is 22.2. The molecule has 0 aliphatic carbocycles. The molecule has 2 N–H and O–H groups in total. The number of carboxylic acids is 1. The molecule has 0 spiro atoms. The van der Waals surface area contributed by atoms with Crippen LogP contribution < -0.4 is 5.32 Å². The summed E-state index contributed by atoms with van der Waals surface area (Å²) in [6, 6.07) is -0.763. The molecule has 1 unspecified atom stereocenters. The molecule has 16 heavy (non-hydrogen) atoms. The van der Waals surface area contributed by atoms with Crippen molar-refractivity contribution in [2.75, 3.05) is 40.3 Å². The molecule has 92 valence electrons. The monoisotopic (exact) mass is 229 g/mol. The van der Waals surface area contributed by atoms with E-state index in [9.17, 15) is 9.59 Å². The van der Waals surface area contributed by atoms with Crippen LogP contribution >= 0.6 is 0 Å². The Bertz CT molecular complexity index is 268.